The van der Waals surface area contributed by atoms with Crippen molar-refractivity contribution in [1.82, 2.24) is 5.32 Å². The second-order valence-corrected chi connectivity index (χ2v) is 5.63. The third-order valence-electron chi connectivity index (χ3n) is 3.48. The van der Waals surface area contributed by atoms with Crippen LogP contribution in [0, 0.1) is 11.8 Å². The summed E-state index contributed by atoms with van der Waals surface area (Å²) < 4.78 is 0. The van der Waals surface area contributed by atoms with Gasteiger partial charge < -0.3 is 16.2 Å². The van der Waals surface area contributed by atoms with E-state index in [1.165, 1.54) is 0 Å². The second kappa shape index (κ2) is 6.73. The highest BCUT2D eigenvalue weighted by Crippen LogP contribution is 2.24. The Labute approximate surface area is 108 Å². The quantitative estimate of drug-likeness (QED) is 0.687. The highest BCUT2D eigenvalue weighted by atomic mass is 16.4. The first-order valence-corrected chi connectivity index (χ1v) is 6.69. The van der Waals surface area contributed by atoms with E-state index in [2.05, 4.69) is 5.32 Å². The highest BCUT2D eigenvalue weighted by Gasteiger charge is 2.27. The van der Waals surface area contributed by atoms with Gasteiger partial charge in [-0.1, -0.05) is 13.8 Å². The predicted molar refractivity (Wildman–Crippen MR) is 69.0 cm³/mol. The molecule has 1 atom stereocenters. The van der Waals surface area contributed by atoms with Crippen LogP contribution in [0.3, 0.4) is 0 Å². The first-order valence-electron chi connectivity index (χ1n) is 6.69. The fourth-order valence-corrected chi connectivity index (χ4v) is 2.41. The molecule has 4 N–H and O–H groups in total. The maximum absolute atomic E-state index is 11.8. The van der Waals surface area contributed by atoms with Crippen LogP contribution >= 0.6 is 0 Å². The van der Waals surface area contributed by atoms with Gasteiger partial charge >= 0.3 is 5.97 Å². The van der Waals surface area contributed by atoms with Crippen LogP contribution in [0.1, 0.15) is 46.0 Å². The molecule has 0 aromatic rings. The average Bonchev–Trinajstić information content (AvgIpc) is 2.28. The van der Waals surface area contributed by atoms with Crippen molar-refractivity contribution in [3.8, 4) is 0 Å². The van der Waals surface area contributed by atoms with Crippen LogP contribution in [-0.4, -0.2) is 29.1 Å². The lowest BCUT2D eigenvalue weighted by Gasteiger charge is -2.28. The van der Waals surface area contributed by atoms with Crippen molar-refractivity contribution >= 4 is 11.9 Å². The van der Waals surface area contributed by atoms with E-state index in [4.69, 9.17) is 10.8 Å². The molecule has 104 valence electrons. The normalized spacial score (nSPS) is 25.8. The summed E-state index contributed by atoms with van der Waals surface area (Å²) in [4.78, 5) is 22.6. The first-order chi connectivity index (χ1) is 8.40. The Morgan fingerprint density at radius 3 is 2.28 bits per heavy atom. The number of rotatable bonds is 5. The molecule has 5 heteroatoms. The molecule has 5 nitrogen and oxygen atoms in total. The van der Waals surface area contributed by atoms with Crippen molar-refractivity contribution < 1.29 is 14.7 Å². The minimum absolute atomic E-state index is 0.0892. The number of carbonyl (C=O) groups excluding carboxylic acids is 1. The molecule has 1 fully saturated rings. The number of carboxylic acids is 1. The van der Waals surface area contributed by atoms with Gasteiger partial charge in [0.05, 0.1) is 12.0 Å². The summed E-state index contributed by atoms with van der Waals surface area (Å²) >= 11 is 0. The summed E-state index contributed by atoms with van der Waals surface area (Å²) in [5, 5.41) is 11.8. The lowest BCUT2D eigenvalue weighted by Crippen LogP contribution is -2.47. The molecule has 0 spiro atoms. The van der Waals surface area contributed by atoms with E-state index in [0.29, 0.717) is 25.2 Å². The van der Waals surface area contributed by atoms with Crippen LogP contribution in [-0.2, 0) is 9.59 Å². The number of carbonyl (C=O) groups is 2. The zero-order valence-corrected chi connectivity index (χ0v) is 11.2. The molecule has 0 aliphatic heterocycles. The van der Waals surface area contributed by atoms with Gasteiger partial charge in [-0.2, -0.15) is 0 Å². The minimum Gasteiger partial charge on any atom is -0.481 e. The molecule has 1 saturated carbocycles. The molecule has 0 heterocycles. The molecule has 0 aromatic carbocycles. The van der Waals surface area contributed by atoms with Gasteiger partial charge in [-0.05, 0) is 38.0 Å². The zero-order valence-electron chi connectivity index (χ0n) is 11.2. The fourth-order valence-electron chi connectivity index (χ4n) is 2.41. The van der Waals surface area contributed by atoms with Gasteiger partial charge in [0.2, 0.25) is 5.91 Å². The molecule has 1 aliphatic rings. The van der Waals surface area contributed by atoms with E-state index in [9.17, 15) is 9.59 Å². The maximum atomic E-state index is 11.8. The van der Waals surface area contributed by atoms with Gasteiger partial charge in [0.25, 0.3) is 0 Å². The number of nitrogens with one attached hydrogen (secondary N) is 1. The first kappa shape index (κ1) is 15.0. The number of hydrogen-bond donors (Lipinski definition) is 3. The number of amides is 1. The number of carboxylic acid groups (broad SMARTS) is 1. The second-order valence-electron chi connectivity index (χ2n) is 5.63. The van der Waals surface area contributed by atoms with Gasteiger partial charge in [-0.15, -0.1) is 0 Å². The third kappa shape index (κ3) is 4.64. The van der Waals surface area contributed by atoms with Crippen molar-refractivity contribution in [2.24, 2.45) is 17.6 Å². The van der Waals surface area contributed by atoms with Gasteiger partial charge in [-0.25, -0.2) is 0 Å². The Hall–Kier alpha value is -1.10. The lowest BCUT2D eigenvalue weighted by atomic mass is 9.86. The Balaban J connectivity index is 2.32. The minimum atomic E-state index is -0.726. The molecule has 0 unspecified atom stereocenters. The van der Waals surface area contributed by atoms with E-state index >= 15 is 0 Å². The maximum Gasteiger partial charge on any atom is 0.306 e. The summed E-state index contributed by atoms with van der Waals surface area (Å²) in [5.41, 5.74) is 5.80. The summed E-state index contributed by atoms with van der Waals surface area (Å²) in [6.45, 7) is 4.07. The SMILES string of the molecule is CC(C)C[C@@H](N)C(=O)NC1CCC(C(=O)O)CC1. The van der Waals surface area contributed by atoms with E-state index in [1.807, 2.05) is 13.8 Å². The van der Waals surface area contributed by atoms with Crippen molar-refractivity contribution in [2.75, 3.05) is 0 Å². The third-order valence-corrected chi connectivity index (χ3v) is 3.48. The average molecular weight is 256 g/mol. The van der Waals surface area contributed by atoms with Crippen molar-refractivity contribution in [3.63, 3.8) is 0 Å². The summed E-state index contributed by atoms with van der Waals surface area (Å²) in [6, 6.07) is -0.367. The van der Waals surface area contributed by atoms with Gasteiger partial charge in [0.15, 0.2) is 0 Å². The van der Waals surface area contributed by atoms with Crippen LogP contribution in [0.4, 0.5) is 0 Å². The molecule has 1 rings (SSSR count). The van der Waals surface area contributed by atoms with Crippen LogP contribution in [0.15, 0.2) is 0 Å². The van der Waals surface area contributed by atoms with Crippen molar-refractivity contribution in [1.29, 1.82) is 0 Å². The van der Waals surface area contributed by atoms with Crippen molar-refractivity contribution in [2.45, 2.75) is 58.0 Å². The van der Waals surface area contributed by atoms with Gasteiger partial charge in [-0.3, -0.25) is 9.59 Å². The van der Waals surface area contributed by atoms with E-state index in [0.717, 1.165) is 12.8 Å². The fraction of sp³-hybridized carbons (Fsp3) is 0.846. The standard InChI is InChI=1S/C13H24N2O3/c1-8(2)7-11(14)12(16)15-10-5-3-9(4-6-10)13(17)18/h8-11H,3-7,14H2,1-2H3,(H,15,16)(H,17,18)/t9?,10?,11-/m1/s1. The molecular formula is C13H24N2O3. The zero-order chi connectivity index (χ0) is 13.7. The highest BCUT2D eigenvalue weighted by molar-refractivity contribution is 5.81. The van der Waals surface area contributed by atoms with Gasteiger partial charge in [0, 0.05) is 6.04 Å². The van der Waals surface area contributed by atoms with Crippen LogP contribution < -0.4 is 11.1 Å². The number of hydrogen-bond acceptors (Lipinski definition) is 3. The van der Waals surface area contributed by atoms with Crippen molar-refractivity contribution in [3.05, 3.63) is 0 Å². The van der Waals surface area contributed by atoms with E-state index < -0.39 is 12.0 Å². The Kier molecular flexibility index (Phi) is 5.59. The van der Waals surface area contributed by atoms with E-state index in [-0.39, 0.29) is 17.9 Å². The molecule has 0 bridgehead atoms. The lowest BCUT2D eigenvalue weighted by molar-refractivity contribution is -0.142. The molecule has 0 radical (unpaired) electrons. The van der Waals surface area contributed by atoms with Crippen LogP contribution in [0.2, 0.25) is 0 Å². The molecule has 1 aliphatic carbocycles. The molecular weight excluding hydrogens is 232 g/mol. The summed E-state index contributed by atoms with van der Waals surface area (Å²) in [5.74, 6) is -0.685. The predicted octanol–water partition coefficient (Wildman–Crippen LogP) is 1.12. The molecule has 0 aromatic heterocycles. The monoisotopic (exact) mass is 256 g/mol. The summed E-state index contributed by atoms with van der Waals surface area (Å²) in [6.07, 6.45) is 3.42. The molecule has 0 saturated heterocycles. The summed E-state index contributed by atoms with van der Waals surface area (Å²) in [7, 11) is 0. The van der Waals surface area contributed by atoms with Crippen LogP contribution in [0.25, 0.3) is 0 Å². The Bertz CT molecular complexity index is 297. The van der Waals surface area contributed by atoms with Gasteiger partial charge in [0.1, 0.15) is 0 Å². The number of aliphatic carboxylic acids is 1. The molecule has 1 amide bonds. The van der Waals surface area contributed by atoms with E-state index in [1.54, 1.807) is 0 Å². The topological polar surface area (TPSA) is 92.4 Å². The Morgan fingerprint density at radius 1 is 1.28 bits per heavy atom. The number of nitrogens with two attached hydrogens (primary N) is 1. The smallest absolute Gasteiger partial charge is 0.306 e. The largest absolute Gasteiger partial charge is 0.481 e. The Morgan fingerprint density at radius 2 is 1.83 bits per heavy atom. The van der Waals surface area contributed by atoms with Crippen LogP contribution in [0.5, 0.6) is 0 Å². The molecule has 18 heavy (non-hydrogen) atoms.